The fourth-order valence-corrected chi connectivity index (χ4v) is 4.12. The van der Waals surface area contributed by atoms with Crippen LogP contribution in [0.15, 0.2) is 44.1 Å². The lowest BCUT2D eigenvalue weighted by Gasteiger charge is -2.11. The molecule has 0 unspecified atom stereocenters. The van der Waals surface area contributed by atoms with Crippen LogP contribution in [-0.4, -0.2) is 36.3 Å². The average Bonchev–Trinajstić information content (AvgIpc) is 3.15. The third kappa shape index (κ3) is 4.11. The third-order valence-corrected chi connectivity index (χ3v) is 5.46. The average molecular weight is 436 g/mol. The lowest BCUT2D eigenvalue weighted by molar-refractivity contribution is -0.122. The van der Waals surface area contributed by atoms with Crippen LogP contribution in [0, 0.1) is 6.92 Å². The molecule has 1 aliphatic heterocycles. The van der Waals surface area contributed by atoms with Gasteiger partial charge in [-0.2, -0.15) is 0 Å². The molecule has 0 aliphatic carbocycles. The number of imide groups is 1. The number of hydrogen-bond donors (Lipinski definition) is 0. The van der Waals surface area contributed by atoms with Crippen LogP contribution in [0.3, 0.4) is 0 Å². The van der Waals surface area contributed by atoms with E-state index >= 15 is 0 Å². The standard InChI is InChI=1S/C19H18BrNO4S/c1-12-4-6-14(15(20)10-12)16-7-5-13(25-16)11-17-18(22)21(19(23)26-17)8-3-9-24-2/h4-7,10-11H,3,8-9H2,1-2H3/b17-11-. The molecule has 0 saturated carbocycles. The minimum atomic E-state index is -0.287. The Hall–Kier alpha value is -1.83. The highest BCUT2D eigenvalue weighted by molar-refractivity contribution is 9.10. The van der Waals surface area contributed by atoms with E-state index < -0.39 is 0 Å². The Kier molecular flexibility index (Phi) is 6.01. The number of halogens is 1. The minimum absolute atomic E-state index is 0.259. The minimum Gasteiger partial charge on any atom is -0.457 e. The molecule has 3 rings (SSSR count). The van der Waals surface area contributed by atoms with Crippen LogP contribution in [0.1, 0.15) is 17.7 Å². The van der Waals surface area contributed by atoms with E-state index in [9.17, 15) is 9.59 Å². The molecule has 5 nitrogen and oxygen atoms in total. The Labute approximate surface area is 164 Å². The highest BCUT2D eigenvalue weighted by Crippen LogP contribution is 2.34. The number of carbonyl (C=O) groups excluding carboxylic acids is 2. The summed E-state index contributed by atoms with van der Waals surface area (Å²) in [5.74, 6) is 0.947. The van der Waals surface area contributed by atoms with Crippen molar-refractivity contribution in [3.63, 3.8) is 0 Å². The van der Waals surface area contributed by atoms with Gasteiger partial charge >= 0.3 is 0 Å². The zero-order valence-corrected chi connectivity index (χ0v) is 16.9. The van der Waals surface area contributed by atoms with Gasteiger partial charge < -0.3 is 9.15 Å². The molecule has 136 valence electrons. The van der Waals surface area contributed by atoms with Crippen LogP contribution in [0.4, 0.5) is 4.79 Å². The summed E-state index contributed by atoms with van der Waals surface area (Å²) in [6.45, 7) is 2.88. The van der Waals surface area contributed by atoms with Gasteiger partial charge in [0.05, 0.1) is 4.91 Å². The second kappa shape index (κ2) is 8.24. The van der Waals surface area contributed by atoms with Gasteiger partial charge in [0.1, 0.15) is 11.5 Å². The summed E-state index contributed by atoms with van der Waals surface area (Å²) in [5, 5.41) is -0.259. The van der Waals surface area contributed by atoms with Crippen LogP contribution >= 0.6 is 27.7 Å². The highest BCUT2D eigenvalue weighted by Gasteiger charge is 2.34. The van der Waals surface area contributed by atoms with Gasteiger partial charge in [-0.3, -0.25) is 14.5 Å². The number of nitrogens with zero attached hydrogens (tertiary/aromatic N) is 1. The Morgan fingerprint density at radius 3 is 2.81 bits per heavy atom. The quantitative estimate of drug-likeness (QED) is 0.466. The molecule has 2 heterocycles. The molecule has 1 aliphatic rings. The fraction of sp³-hybridized carbons (Fsp3) is 0.263. The molecule has 7 heteroatoms. The Bertz CT molecular complexity index is 874. The maximum atomic E-state index is 12.4. The molecule has 0 N–H and O–H groups in total. The molecule has 0 bridgehead atoms. The molecule has 0 radical (unpaired) electrons. The lowest BCUT2D eigenvalue weighted by Crippen LogP contribution is -2.29. The number of benzene rings is 1. The zero-order chi connectivity index (χ0) is 18.7. The first-order chi connectivity index (χ1) is 12.5. The summed E-state index contributed by atoms with van der Waals surface area (Å²) >= 11 is 4.47. The molecule has 1 aromatic heterocycles. The highest BCUT2D eigenvalue weighted by atomic mass is 79.9. The van der Waals surface area contributed by atoms with E-state index in [-0.39, 0.29) is 11.1 Å². The third-order valence-electron chi connectivity index (χ3n) is 3.89. The van der Waals surface area contributed by atoms with Crippen molar-refractivity contribution in [2.45, 2.75) is 13.3 Å². The first-order valence-electron chi connectivity index (χ1n) is 8.10. The molecule has 1 fully saturated rings. The summed E-state index contributed by atoms with van der Waals surface area (Å²) in [6, 6.07) is 9.65. The van der Waals surface area contributed by atoms with Crippen molar-refractivity contribution in [1.29, 1.82) is 0 Å². The molecular weight excluding hydrogens is 418 g/mol. The predicted octanol–water partition coefficient (Wildman–Crippen LogP) is 5.09. The van der Waals surface area contributed by atoms with Gasteiger partial charge in [0, 0.05) is 36.4 Å². The van der Waals surface area contributed by atoms with Gasteiger partial charge in [-0.1, -0.05) is 22.0 Å². The van der Waals surface area contributed by atoms with Crippen LogP contribution in [-0.2, 0) is 9.53 Å². The Balaban J connectivity index is 1.78. The number of rotatable bonds is 6. The number of aryl methyl sites for hydroxylation is 1. The number of furan rings is 1. The number of hydrogen-bond acceptors (Lipinski definition) is 5. The smallest absolute Gasteiger partial charge is 0.293 e. The van der Waals surface area contributed by atoms with E-state index in [4.69, 9.17) is 9.15 Å². The van der Waals surface area contributed by atoms with Gasteiger partial charge in [0.15, 0.2) is 0 Å². The van der Waals surface area contributed by atoms with E-state index in [2.05, 4.69) is 15.9 Å². The summed E-state index contributed by atoms with van der Waals surface area (Å²) in [4.78, 5) is 26.1. The molecule has 0 spiro atoms. The Morgan fingerprint density at radius 2 is 2.08 bits per heavy atom. The van der Waals surface area contributed by atoms with Gasteiger partial charge in [-0.25, -0.2) is 0 Å². The van der Waals surface area contributed by atoms with E-state index in [0.717, 1.165) is 27.4 Å². The van der Waals surface area contributed by atoms with Crippen LogP contribution in [0.2, 0.25) is 0 Å². The van der Waals surface area contributed by atoms with Crippen LogP contribution < -0.4 is 0 Å². The molecule has 2 amide bonds. The summed E-state index contributed by atoms with van der Waals surface area (Å²) < 4.78 is 11.8. The predicted molar refractivity (Wildman–Crippen MR) is 106 cm³/mol. The van der Waals surface area contributed by atoms with Crippen LogP contribution in [0.5, 0.6) is 0 Å². The first-order valence-corrected chi connectivity index (χ1v) is 9.71. The number of thioether (sulfide) groups is 1. The van der Waals surface area contributed by atoms with E-state index in [1.807, 2.05) is 31.2 Å². The van der Waals surface area contributed by atoms with Crippen LogP contribution in [0.25, 0.3) is 17.4 Å². The summed E-state index contributed by atoms with van der Waals surface area (Å²) in [5.41, 5.74) is 2.08. The number of carbonyl (C=O) groups is 2. The SMILES string of the molecule is COCCCN1C(=O)S/C(=C\c2ccc(-c3ccc(C)cc3Br)o2)C1=O. The summed E-state index contributed by atoms with van der Waals surface area (Å²) in [6.07, 6.45) is 2.24. The van der Waals surface area contributed by atoms with Gasteiger partial charge in [-0.15, -0.1) is 0 Å². The van der Waals surface area contributed by atoms with Crippen molar-refractivity contribution < 1.29 is 18.7 Å². The van der Waals surface area contributed by atoms with E-state index in [0.29, 0.717) is 36.0 Å². The number of ether oxygens (including phenoxy) is 1. The van der Waals surface area contributed by atoms with Gasteiger partial charge in [-0.05, 0) is 54.9 Å². The van der Waals surface area contributed by atoms with Crippen molar-refractivity contribution in [3.05, 3.63) is 51.0 Å². The zero-order valence-electron chi connectivity index (χ0n) is 14.5. The topological polar surface area (TPSA) is 59.8 Å². The molecule has 1 saturated heterocycles. The normalized spacial score (nSPS) is 16.1. The monoisotopic (exact) mass is 435 g/mol. The number of amides is 2. The Morgan fingerprint density at radius 1 is 1.27 bits per heavy atom. The molecule has 1 aromatic carbocycles. The van der Waals surface area contributed by atoms with Crippen molar-refractivity contribution in [3.8, 4) is 11.3 Å². The maximum Gasteiger partial charge on any atom is 0.293 e. The van der Waals surface area contributed by atoms with E-state index in [1.54, 1.807) is 19.3 Å². The second-order valence-electron chi connectivity index (χ2n) is 5.87. The molecule has 26 heavy (non-hydrogen) atoms. The molecule has 0 atom stereocenters. The maximum absolute atomic E-state index is 12.4. The van der Waals surface area contributed by atoms with Crippen molar-refractivity contribution in [2.24, 2.45) is 0 Å². The van der Waals surface area contributed by atoms with Crippen molar-refractivity contribution >= 4 is 44.9 Å². The molecular formula is C19H18BrNO4S. The first kappa shape index (κ1) is 18.9. The van der Waals surface area contributed by atoms with Gasteiger partial charge in [0.25, 0.3) is 11.1 Å². The second-order valence-corrected chi connectivity index (χ2v) is 7.71. The largest absolute Gasteiger partial charge is 0.457 e. The lowest BCUT2D eigenvalue weighted by atomic mass is 10.1. The van der Waals surface area contributed by atoms with Crippen molar-refractivity contribution in [2.75, 3.05) is 20.3 Å². The van der Waals surface area contributed by atoms with Crippen molar-refractivity contribution in [1.82, 2.24) is 4.90 Å². The van der Waals surface area contributed by atoms with E-state index in [1.165, 1.54) is 4.90 Å². The van der Waals surface area contributed by atoms with Gasteiger partial charge in [0.2, 0.25) is 0 Å². The fourth-order valence-electron chi connectivity index (χ4n) is 2.58. The summed E-state index contributed by atoms with van der Waals surface area (Å²) in [7, 11) is 1.59. The number of methoxy groups -OCH3 is 1. The molecule has 2 aromatic rings.